The summed E-state index contributed by atoms with van der Waals surface area (Å²) in [5.41, 5.74) is 5.17. The first-order chi connectivity index (χ1) is 12.0. The lowest BCUT2D eigenvalue weighted by atomic mass is 10.1. The molecule has 0 saturated carbocycles. The second kappa shape index (κ2) is 7.10. The first-order valence-corrected chi connectivity index (χ1v) is 8.74. The Kier molecular flexibility index (Phi) is 4.89. The van der Waals surface area contributed by atoms with Crippen LogP contribution in [0.1, 0.15) is 40.0 Å². The zero-order chi connectivity index (χ0) is 18.0. The van der Waals surface area contributed by atoms with E-state index < -0.39 is 0 Å². The van der Waals surface area contributed by atoms with Gasteiger partial charge in [0.2, 0.25) is 0 Å². The summed E-state index contributed by atoms with van der Waals surface area (Å²) in [6.45, 7) is 6.50. The summed E-state index contributed by atoms with van der Waals surface area (Å²) >= 11 is 0.961. The summed E-state index contributed by atoms with van der Waals surface area (Å²) < 4.78 is 14.8. The summed E-state index contributed by atoms with van der Waals surface area (Å²) in [5.74, 6) is -0.345. The van der Waals surface area contributed by atoms with Crippen LogP contribution >= 0.6 is 11.3 Å². The van der Waals surface area contributed by atoms with Crippen LogP contribution in [0, 0.1) is 19.0 Å². The number of nitrogens with zero attached hydrogens (tertiary/aromatic N) is 4. The first-order valence-electron chi connectivity index (χ1n) is 7.93. The van der Waals surface area contributed by atoms with Crippen molar-refractivity contribution in [3.8, 4) is 0 Å². The summed E-state index contributed by atoms with van der Waals surface area (Å²) in [5, 5.41) is 8.84. The van der Waals surface area contributed by atoms with Crippen LogP contribution < -0.4 is 5.43 Å². The van der Waals surface area contributed by atoms with Crippen LogP contribution in [0.15, 0.2) is 23.3 Å². The fourth-order valence-corrected chi connectivity index (χ4v) is 3.24. The monoisotopic (exact) mass is 359 g/mol. The average Bonchev–Trinajstić information content (AvgIpc) is 3.11. The van der Waals surface area contributed by atoms with Crippen LogP contribution in [0.2, 0.25) is 0 Å². The van der Waals surface area contributed by atoms with Crippen molar-refractivity contribution in [3.63, 3.8) is 0 Å². The van der Waals surface area contributed by atoms with Crippen molar-refractivity contribution in [2.75, 3.05) is 0 Å². The summed E-state index contributed by atoms with van der Waals surface area (Å²) in [7, 11) is 0. The number of hydrogen-bond donors (Lipinski definition) is 1. The minimum absolute atomic E-state index is 0.293. The topological polar surface area (TPSA) is 72.2 Å². The Morgan fingerprint density at radius 2 is 2.24 bits per heavy atom. The van der Waals surface area contributed by atoms with Crippen LogP contribution in [0.5, 0.6) is 0 Å². The van der Waals surface area contributed by atoms with Crippen LogP contribution in [0.4, 0.5) is 4.39 Å². The van der Waals surface area contributed by atoms with E-state index in [-0.39, 0.29) is 11.0 Å². The Morgan fingerprint density at radius 3 is 2.92 bits per heavy atom. The number of thiophene rings is 1. The number of halogens is 1. The second-order valence-electron chi connectivity index (χ2n) is 5.66. The fraction of sp³-hybridized carbons (Fsp3) is 0.294. The minimum Gasteiger partial charge on any atom is -0.267 e. The number of hydrazone groups is 1. The molecular formula is C17H18FN5OS. The van der Waals surface area contributed by atoms with Gasteiger partial charge in [-0.25, -0.2) is 15.1 Å². The van der Waals surface area contributed by atoms with Crippen LogP contribution in [0.25, 0.3) is 11.0 Å². The number of carbonyl (C=O) groups excluding carboxylic acids is 1. The highest BCUT2D eigenvalue weighted by Crippen LogP contribution is 2.22. The molecule has 0 aliphatic heterocycles. The van der Waals surface area contributed by atoms with Gasteiger partial charge < -0.3 is 0 Å². The molecule has 0 radical (unpaired) electrons. The molecule has 1 N–H and O–H groups in total. The highest BCUT2D eigenvalue weighted by Gasteiger charge is 2.18. The third kappa shape index (κ3) is 3.58. The van der Waals surface area contributed by atoms with Gasteiger partial charge in [-0.15, -0.1) is 11.3 Å². The normalized spacial score (nSPS) is 11.5. The van der Waals surface area contributed by atoms with Crippen LogP contribution in [0.3, 0.4) is 0 Å². The number of rotatable bonds is 5. The molecule has 3 rings (SSSR count). The van der Waals surface area contributed by atoms with E-state index in [0.29, 0.717) is 16.1 Å². The zero-order valence-electron chi connectivity index (χ0n) is 14.2. The largest absolute Gasteiger partial charge is 0.272 e. The molecule has 8 heteroatoms. The van der Waals surface area contributed by atoms with Crippen LogP contribution in [-0.4, -0.2) is 26.9 Å². The zero-order valence-corrected chi connectivity index (χ0v) is 15.0. The van der Waals surface area contributed by atoms with Crippen molar-refractivity contribution in [1.29, 1.82) is 0 Å². The van der Waals surface area contributed by atoms with Gasteiger partial charge in [-0.05, 0) is 38.5 Å². The highest BCUT2D eigenvalue weighted by atomic mass is 32.1. The molecule has 0 aromatic carbocycles. The summed E-state index contributed by atoms with van der Waals surface area (Å²) in [6.07, 6.45) is 2.35. The number of aromatic nitrogens is 3. The second-order valence-corrected chi connectivity index (χ2v) is 6.72. The smallest absolute Gasteiger partial charge is 0.267 e. The molecule has 0 fully saturated rings. The van der Waals surface area contributed by atoms with E-state index in [0.717, 1.165) is 41.1 Å². The van der Waals surface area contributed by atoms with Crippen molar-refractivity contribution in [2.45, 2.75) is 33.7 Å². The molecule has 130 valence electrons. The van der Waals surface area contributed by atoms with Gasteiger partial charge in [0, 0.05) is 12.2 Å². The Labute approximate surface area is 148 Å². The maximum atomic E-state index is 13.0. The maximum Gasteiger partial charge on any atom is 0.272 e. The van der Waals surface area contributed by atoms with Crippen molar-refractivity contribution in [2.24, 2.45) is 5.10 Å². The van der Waals surface area contributed by atoms with Gasteiger partial charge in [-0.1, -0.05) is 6.92 Å². The van der Waals surface area contributed by atoms with E-state index in [2.05, 4.69) is 27.5 Å². The van der Waals surface area contributed by atoms with Gasteiger partial charge in [0.1, 0.15) is 0 Å². The third-order valence-corrected chi connectivity index (χ3v) is 4.45. The van der Waals surface area contributed by atoms with E-state index in [1.54, 1.807) is 12.1 Å². The summed E-state index contributed by atoms with van der Waals surface area (Å²) in [4.78, 5) is 17.7. The number of aryl methyl sites for hydroxylation is 3. The highest BCUT2D eigenvalue weighted by molar-refractivity contribution is 7.12. The Morgan fingerprint density at radius 1 is 1.44 bits per heavy atom. The third-order valence-electron chi connectivity index (χ3n) is 3.64. The molecule has 3 aromatic heterocycles. The number of fused-ring (bicyclic) bond motifs is 1. The van der Waals surface area contributed by atoms with E-state index in [4.69, 9.17) is 0 Å². The standard InChI is InChI=1S/C17H18FN5OS/c1-4-7-23-16-15(11(3)22-23)13(8-10(2)20-16)17(24)21-19-9-12-5-6-14(18)25-12/h5-6,8-9H,4,7H2,1-3H3,(H,21,24)/b19-9-. The Hall–Kier alpha value is -2.61. The number of carbonyl (C=O) groups is 1. The molecule has 0 atom stereocenters. The molecule has 25 heavy (non-hydrogen) atoms. The maximum absolute atomic E-state index is 13.0. The molecule has 0 aliphatic carbocycles. The molecule has 6 nitrogen and oxygen atoms in total. The van der Waals surface area contributed by atoms with Crippen molar-refractivity contribution < 1.29 is 9.18 Å². The Bertz CT molecular complexity index is 960. The molecule has 0 unspecified atom stereocenters. The lowest BCUT2D eigenvalue weighted by molar-refractivity contribution is 0.0956. The van der Waals surface area contributed by atoms with E-state index in [9.17, 15) is 9.18 Å². The van der Waals surface area contributed by atoms with Crippen molar-refractivity contribution in [1.82, 2.24) is 20.2 Å². The van der Waals surface area contributed by atoms with E-state index in [1.165, 1.54) is 12.3 Å². The van der Waals surface area contributed by atoms with Crippen molar-refractivity contribution >= 4 is 34.5 Å². The van der Waals surface area contributed by atoms with Gasteiger partial charge >= 0.3 is 0 Å². The summed E-state index contributed by atoms with van der Waals surface area (Å²) in [6, 6.07) is 4.68. The molecule has 0 bridgehead atoms. The number of pyridine rings is 1. The minimum atomic E-state index is -0.345. The lowest BCUT2D eigenvalue weighted by Crippen LogP contribution is -2.18. The molecular weight excluding hydrogens is 341 g/mol. The van der Waals surface area contributed by atoms with Gasteiger partial charge in [-0.3, -0.25) is 4.79 Å². The van der Waals surface area contributed by atoms with Gasteiger partial charge in [0.05, 0.1) is 27.7 Å². The molecule has 0 aliphatic rings. The molecule has 0 saturated heterocycles. The van der Waals surface area contributed by atoms with Gasteiger partial charge in [0.15, 0.2) is 10.8 Å². The van der Waals surface area contributed by atoms with E-state index in [1.807, 2.05) is 18.5 Å². The van der Waals surface area contributed by atoms with E-state index >= 15 is 0 Å². The SMILES string of the molecule is CCCn1nc(C)c2c(C(=O)N/N=C\c3ccc(F)s3)cc(C)nc21. The predicted molar refractivity (Wildman–Crippen MR) is 96.6 cm³/mol. The first kappa shape index (κ1) is 17.2. The molecule has 0 spiro atoms. The van der Waals surface area contributed by atoms with Gasteiger partial charge in [-0.2, -0.15) is 14.6 Å². The van der Waals surface area contributed by atoms with Crippen molar-refractivity contribution in [3.05, 3.63) is 45.2 Å². The average molecular weight is 359 g/mol. The molecule has 3 heterocycles. The van der Waals surface area contributed by atoms with Gasteiger partial charge in [0.25, 0.3) is 5.91 Å². The predicted octanol–water partition coefficient (Wildman–Crippen LogP) is 3.42. The molecule has 1 amide bonds. The lowest BCUT2D eigenvalue weighted by Gasteiger charge is -2.05. The quantitative estimate of drug-likeness (QED) is 0.560. The number of hydrogen-bond acceptors (Lipinski definition) is 5. The number of amides is 1. The Balaban J connectivity index is 1.91. The molecule has 3 aromatic rings. The number of nitrogens with one attached hydrogen (secondary N) is 1. The fourth-order valence-electron chi connectivity index (χ4n) is 2.64. The van der Waals surface area contributed by atoms with Crippen LogP contribution in [-0.2, 0) is 6.54 Å².